The van der Waals surface area contributed by atoms with Gasteiger partial charge in [0.05, 0.1) is 26.4 Å². The number of ether oxygens (including phenoxy) is 2. The number of hydrogen-bond donors (Lipinski definition) is 2. The van der Waals surface area contributed by atoms with E-state index in [2.05, 4.69) is 17.2 Å². The smallest absolute Gasteiger partial charge is 0.251 e. The summed E-state index contributed by atoms with van der Waals surface area (Å²) in [5, 5.41) is 11.4. The maximum atomic E-state index is 11.8. The maximum Gasteiger partial charge on any atom is 0.251 e. The summed E-state index contributed by atoms with van der Waals surface area (Å²) in [6.07, 6.45) is 0.450. The van der Waals surface area contributed by atoms with Gasteiger partial charge >= 0.3 is 0 Å². The number of carbonyl (C=O) groups is 1. The van der Waals surface area contributed by atoms with E-state index in [1.54, 1.807) is 31.4 Å². The van der Waals surface area contributed by atoms with Crippen LogP contribution in [0.1, 0.15) is 22.3 Å². The Balaban J connectivity index is 2.33. The zero-order valence-electron chi connectivity index (χ0n) is 12.2. The van der Waals surface area contributed by atoms with Crippen LogP contribution in [0.5, 0.6) is 0 Å². The van der Waals surface area contributed by atoms with Crippen LogP contribution in [-0.2, 0) is 9.47 Å². The van der Waals surface area contributed by atoms with Gasteiger partial charge in [-0.3, -0.25) is 4.79 Å². The SMILES string of the molecule is COCCOCCNC(=O)c1ccc(C#CCCO)cc1. The summed E-state index contributed by atoms with van der Waals surface area (Å²) in [6.45, 7) is 2.04. The van der Waals surface area contributed by atoms with Crippen molar-refractivity contribution >= 4 is 5.91 Å². The number of aliphatic hydroxyl groups is 1. The van der Waals surface area contributed by atoms with Crippen LogP contribution >= 0.6 is 0 Å². The lowest BCUT2D eigenvalue weighted by Gasteiger charge is -2.06. The van der Waals surface area contributed by atoms with Crippen molar-refractivity contribution in [3.63, 3.8) is 0 Å². The lowest BCUT2D eigenvalue weighted by Crippen LogP contribution is -2.27. The predicted molar refractivity (Wildman–Crippen MR) is 80.1 cm³/mol. The Morgan fingerprint density at radius 2 is 2.00 bits per heavy atom. The minimum Gasteiger partial charge on any atom is -0.395 e. The highest BCUT2D eigenvalue weighted by molar-refractivity contribution is 5.94. The van der Waals surface area contributed by atoms with Crippen LogP contribution in [0.4, 0.5) is 0 Å². The van der Waals surface area contributed by atoms with Gasteiger partial charge in [0.1, 0.15) is 0 Å². The molecule has 1 aromatic rings. The van der Waals surface area contributed by atoms with Crippen molar-refractivity contribution in [2.45, 2.75) is 6.42 Å². The van der Waals surface area contributed by atoms with E-state index in [9.17, 15) is 4.79 Å². The number of nitrogens with one attached hydrogen (secondary N) is 1. The third-order valence-electron chi connectivity index (χ3n) is 2.58. The van der Waals surface area contributed by atoms with Crippen molar-refractivity contribution in [2.75, 3.05) is 40.1 Å². The number of methoxy groups -OCH3 is 1. The van der Waals surface area contributed by atoms with Crippen molar-refractivity contribution in [1.82, 2.24) is 5.32 Å². The number of benzene rings is 1. The molecule has 2 N–H and O–H groups in total. The molecule has 114 valence electrons. The molecule has 1 aromatic carbocycles. The fourth-order valence-corrected chi connectivity index (χ4v) is 1.51. The molecule has 0 aromatic heterocycles. The Labute approximate surface area is 125 Å². The van der Waals surface area contributed by atoms with E-state index < -0.39 is 0 Å². The summed E-state index contributed by atoms with van der Waals surface area (Å²) in [5.41, 5.74) is 1.41. The van der Waals surface area contributed by atoms with Gasteiger partial charge in [0.2, 0.25) is 0 Å². The first-order chi connectivity index (χ1) is 10.3. The Kier molecular flexibility index (Phi) is 8.89. The predicted octanol–water partition coefficient (Wildman–Crippen LogP) is 0.813. The van der Waals surface area contributed by atoms with Gasteiger partial charge in [-0.15, -0.1) is 0 Å². The van der Waals surface area contributed by atoms with Crippen LogP contribution in [0.25, 0.3) is 0 Å². The second kappa shape index (κ2) is 10.9. The first-order valence-electron chi connectivity index (χ1n) is 6.82. The topological polar surface area (TPSA) is 67.8 Å². The van der Waals surface area contributed by atoms with Crippen molar-refractivity contribution in [2.24, 2.45) is 0 Å². The second-order valence-electron chi connectivity index (χ2n) is 4.21. The van der Waals surface area contributed by atoms with Crippen LogP contribution in [0, 0.1) is 11.8 Å². The molecule has 0 aliphatic rings. The van der Waals surface area contributed by atoms with Gasteiger partial charge in [0, 0.05) is 31.2 Å². The molecule has 0 unspecified atom stereocenters. The number of carbonyl (C=O) groups excluding carboxylic acids is 1. The van der Waals surface area contributed by atoms with Crippen LogP contribution in [0.15, 0.2) is 24.3 Å². The standard InChI is InChI=1S/C16H21NO4/c1-20-12-13-21-11-9-17-16(19)15-7-5-14(6-8-15)4-2-3-10-18/h5-8,18H,3,9-13H2,1H3,(H,17,19). The largest absolute Gasteiger partial charge is 0.395 e. The highest BCUT2D eigenvalue weighted by atomic mass is 16.5. The third-order valence-corrected chi connectivity index (χ3v) is 2.58. The quantitative estimate of drug-likeness (QED) is 0.549. The van der Waals surface area contributed by atoms with Crippen molar-refractivity contribution in [3.05, 3.63) is 35.4 Å². The Bertz CT molecular complexity index is 473. The summed E-state index contributed by atoms with van der Waals surface area (Å²) >= 11 is 0. The molecule has 0 radical (unpaired) electrons. The molecule has 21 heavy (non-hydrogen) atoms. The van der Waals surface area contributed by atoms with Gasteiger partial charge in [0.15, 0.2) is 0 Å². The van der Waals surface area contributed by atoms with Crippen LogP contribution in [-0.4, -0.2) is 51.1 Å². The van der Waals surface area contributed by atoms with E-state index in [1.807, 2.05) is 0 Å². The summed E-state index contributed by atoms with van der Waals surface area (Å²) in [5.74, 6) is 5.60. The second-order valence-corrected chi connectivity index (χ2v) is 4.21. The molecule has 0 saturated heterocycles. The number of hydrogen-bond acceptors (Lipinski definition) is 4. The average molecular weight is 291 g/mol. The highest BCUT2D eigenvalue weighted by Crippen LogP contribution is 2.03. The van der Waals surface area contributed by atoms with Crippen LogP contribution in [0.2, 0.25) is 0 Å². The lowest BCUT2D eigenvalue weighted by molar-refractivity contribution is 0.0692. The van der Waals surface area contributed by atoms with Gasteiger partial charge in [0.25, 0.3) is 5.91 Å². The van der Waals surface area contributed by atoms with Gasteiger partial charge in [-0.05, 0) is 24.3 Å². The molecular formula is C16H21NO4. The maximum absolute atomic E-state index is 11.8. The molecule has 0 bridgehead atoms. The zero-order chi connectivity index (χ0) is 15.3. The number of amides is 1. The van der Waals surface area contributed by atoms with E-state index in [1.165, 1.54) is 0 Å². The minimum atomic E-state index is -0.139. The monoisotopic (exact) mass is 291 g/mol. The first kappa shape index (κ1) is 17.2. The van der Waals surface area contributed by atoms with Crippen LogP contribution in [0.3, 0.4) is 0 Å². The zero-order valence-corrected chi connectivity index (χ0v) is 12.2. The average Bonchev–Trinajstić information content (AvgIpc) is 2.51. The van der Waals surface area contributed by atoms with Crippen LogP contribution < -0.4 is 5.32 Å². The van der Waals surface area contributed by atoms with Gasteiger partial charge in [-0.1, -0.05) is 11.8 Å². The molecule has 0 aliphatic carbocycles. The van der Waals surface area contributed by atoms with E-state index in [4.69, 9.17) is 14.6 Å². The highest BCUT2D eigenvalue weighted by Gasteiger charge is 2.03. The summed E-state index contributed by atoms with van der Waals surface area (Å²) in [6, 6.07) is 7.02. The fourth-order valence-electron chi connectivity index (χ4n) is 1.51. The van der Waals surface area contributed by atoms with Crippen molar-refractivity contribution < 1.29 is 19.4 Å². The van der Waals surface area contributed by atoms with Gasteiger partial charge < -0.3 is 19.9 Å². The molecule has 0 fully saturated rings. The summed E-state index contributed by atoms with van der Waals surface area (Å²) < 4.78 is 10.1. The molecule has 0 heterocycles. The molecular weight excluding hydrogens is 270 g/mol. The van der Waals surface area contributed by atoms with Gasteiger partial charge in [-0.2, -0.15) is 0 Å². The summed E-state index contributed by atoms with van der Waals surface area (Å²) in [4.78, 5) is 11.8. The number of rotatable bonds is 8. The molecule has 0 spiro atoms. The lowest BCUT2D eigenvalue weighted by atomic mass is 10.1. The number of aliphatic hydroxyl groups excluding tert-OH is 1. The third kappa shape index (κ3) is 7.47. The van der Waals surface area contributed by atoms with E-state index in [0.29, 0.717) is 38.3 Å². The minimum absolute atomic E-state index is 0.0555. The Hall–Kier alpha value is -1.87. The fraction of sp³-hybridized carbons (Fsp3) is 0.438. The Morgan fingerprint density at radius 1 is 1.24 bits per heavy atom. The molecule has 5 nitrogen and oxygen atoms in total. The van der Waals surface area contributed by atoms with E-state index >= 15 is 0 Å². The molecule has 0 atom stereocenters. The Morgan fingerprint density at radius 3 is 2.67 bits per heavy atom. The summed E-state index contributed by atoms with van der Waals surface area (Å²) in [7, 11) is 1.61. The van der Waals surface area contributed by atoms with E-state index in [0.717, 1.165) is 5.56 Å². The van der Waals surface area contributed by atoms with Crippen molar-refractivity contribution in [1.29, 1.82) is 0 Å². The molecule has 0 saturated carbocycles. The molecule has 1 rings (SSSR count). The van der Waals surface area contributed by atoms with Gasteiger partial charge in [-0.25, -0.2) is 0 Å². The van der Waals surface area contributed by atoms with Crippen molar-refractivity contribution in [3.8, 4) is 11.8 Å². The first-order valence-corrected chi connectivity index (χ1v) is 6.82. The molecule has 1 amide bonds. The van der Waals surface area contributed by atoms with E-state index in [-0.39, 0.29) is 12.5 Å². The normalized spacial score (nSPS) is 9.81. The molecule has 0 aliphatic heterocycles. The molecule has 5 heteroatoms.